The van der Waals surface area contributed by atoms with Crippen molar-refractivity contribution in [2.45, 2.75) is 25.7 Å². The van der Waals surface area contributed by atoms with Crippen molar-refractivity contribution in [2.24, 2.45) is 11.5 Å². The van der Waals surface area contributed by atoms with Crippen LogP contribution in [0.25, 0.3) is 0 Å². The molecule has 0 unspecified atom stereocenters. The summed E-state index contributed by atoms with van der Waals surface area (Å²) in [5.41, 5.74) is 9.44. The Morgan fingerprint density at radius 1 is 0.600 bits per heavy atom. The maximum atomic E-state index is 9.64. The second kappa shape index (κ2) is 16.2. The van der Waals surface area contributed by atoms with Crippen LogP contribution in [-0.4, -0.2) is 44.3 Å². The number of rotatable bonds is 6. The van der Waals surface area contributed by atoms with E-state index >= 15 is 0 Å². The molecule has 10 heteroatoms. The van der Waals surface area contributed by atoms with Crippen molar-refractivity contribution >= 4 is 23.9 Å². The molecular weight excluding hydrogens is 276 g/mol. The normalized spacial score (nSPS) is 8.60. The summed E-state index contributed by atoms with van der Waals surface area (Å²) in [7, 11) is 0. The molecule has 0 aromatic carbocycles. The van der Waals surface area contributed by atoms with Crippen molar-refractivity contribution in [3.63, 3.8) is 0 Å². The van der Waals surface area contributed by atoms with Crippen LogP contribution in [0.2, 0.25) is 0 Å². The molecule has 8 N–H and O–H groups in total. The molecular formula is C10H18N2O8. The van der Waals surface area contributed by atoms with Gasteiger partial charge in [-0.25, -0.2) is 0 Å². The molecule has 0 heterocycles. The SMILES string of the molecule is N/C=C/N.O=C(O)CCC(=O)O.O=C(O)CCC(=O)O. The monoisotopic (exact) mass is 294 g/mol. The standard InChI is InChI=1S/2C4H6O4.C2H6N2/c2*5-3(6)1-2-4(7)8;3-1-2-4/h2*1-2H2,(H,5,6)(H,7,8);1-2H,3-4H2/b;;2-1+. The Balaban J connectivity index is -0.000000230. The third-order valence-electron chi connectivity index (χ3n) is 1.22. The third-order valence-corrected chi connectivity index (χ3v) is 1.22. The Morgan fingerprint density at radius 3 is 0.800 bits per heavy atom. The van der Waals surface area contributed by atoms with Gasteiger partial charge < -0.3 is 31.9 Å². The van der Waals surface area contributed by atoms with Gasteiger partial charge in [0.2, 0.25) is 0 Å². The lowest BCUT2D eigenvalue weighted by atomic mass is 10.3. The maximum Gasteiger partial charge on any atom is 0.303 e. The average Bonchev–Trinajstić information content (AvgIpc) is 2.35. The van der Waals surface area contributed by atoms with Gasteiger partial charge in [0.05, 0.1) is 25.7 Å². The molecule has 0 aliphatic rings. The highest BCUT2D eigenvalue weighted by molar-refractivity contribution is 5.75. The Bertz CT molecular complexity index is 280. The summed E-state index contributed by atoms with van der Waals surface area (Å²) in [5.74, 6) is -4.31. The van der Waals surface area contributed by atoms with Crippen LogP contribution in [0, 0.1) is 0 Å². The van der Waals surface area contributed by atoms with Gasteiger partial charge in [0, 0.05) is 12.4 Å². The van der Waals surface area contributed by atoms with Crippen molar-refractivity contribution in [1.82, 2.24) is 0 Å². The number of nitrogens with two attached hydrogens (primary N) is 2. The van der Waals surface area contributed by atoms with E-state index in [-0.39, 0.29) is 25.7 Å². The number of hydrogen-bond donors (Lipinski definition) is 6. The zero-order valence-electron chi connectivity index (χ0n) is 10.6. The van der Waals surface area contributed by atoms with Crippen LogP contribution in [0.1, 0.15) is 25.7 Å². The molecule has 0 aromatic rings. The minimum absolute atomic E-state index is 0.296. The van der Waals surface area contributed by atoms with Gasteiger partial charge in [-0.1, -0.05) is 0 Å². The molecule has 116 valence electrons. The van der Waals surface area contributed by atoms with Crippen LogP contribution in [0.5, 0.6) is 0 Å². The highest BCUT2D eigenvalue weighted by Crippen LogP contribution is 1.86. The molecule has 0 spiro atoms. The number of carboxylic acid groups (broad SMARTS) is 4. The van der Waals surface area contributed by atoms with Crippen LogP contribution in [0.15, 0.2) is 12.4 Å². The summed E-state index contributed by atoms with van der Waals surface area (Å²) in [6.07, 6.45) is 1.37. The zero-order chi connectivity index (χ0) is 16.6. The molecule has 0 rings (SSSR count). The molecule has 20 heavy (non-hydrogen) atoms. The smallest absolute Gasteiger partial charge is 0.303 e. The zero-order valence-corrected chi connectivity index (χ0v) is 10.6. The lowest BCUT2D eigenvalue weighted by molar-refractivity contribution is -0.143. The molecule has 0 atom stereocenters. The highest BCUT2D eigenvalue weighted by Gasteiger charge is 2.00. The van der Waals surface area contributed by atoms with E-state index in [1.54, 1.807) is 0 Å². The molecule has 0 saturated heterocycles. The van der Waals surface area contributed by atoms with E-state index in [4.69, 9.17) is 31.9 Å². The molecule has 0 amide bonds. The van der Waals surface area contributed by atoms with Gasteiger partial charge in [0.15, 0.2) is 0 Å². The van der Waals surface area contributed by atoms with Crippen molar-refractivity contribution in [3.8, 4) is 0 Å². The molecule has 0 aliphatic carbocycles. The second-order valence-corrected chi connectivity index (χ2v) is 2.96. The summed E-state index contributed by atoms with van der Waals surface area (Å²) in [6, 6.07) is 0. The predicted octanol–water partition coefficient (Wildman–Crippen LogP) is -0.753. The van der Waals surface area contributed by atoms with E-state index in [2.05, 4.69) is 0 Å². The van der Waals surface area contributed by atoms with E-state index in [0.29, 0.717) is 0 Å². The third kappa shape index (κ3) is 45.5. The summed E-state index contributed by atoms with van der Waals surface area (Å²) in [4.78, 5) is 38.6. The quantitative estimate of drug-likeness (QED) is 0.361. The number of carbonyl (C=O) groups is 4. The Kier molecular flexibility index (Phi) is 18.2. The van der Waals surface area contributed by atoms with E-state index in [9.17, 15) is 19.2 Å². The summed E-state index contributed by atoms with van der Waals surface area (Å²) in [6.45, 7) is 0. The number of aliphatic carboxylic acids is 4. The van der Waals surface area contributed by atoms with Crippen molar-refractivity contribution < 1.29 is 39.6 Å². The minimum Gasteiger partial charge on any atom is -0.481 e. The van der Waals surface area contributed by atoms with Crippen molar-refractivity contribution in [3.05, 3.63) is 12.4 Å². The molecule has 10 nitrogen and oxygen atoms in total. The fourth-order valence-electron chi connectivity index (χ4n) is 0.428. The molecule has 0 radical (unpaired) electrons. The average molecular weight is 294 g/mol. The second-order valence-electron chi connectivity index (χ2n) is 2.96. The van der Waals surface area contributed by atoms with Gasteiger partial charge in [-0.15, -0.1) is 0 Å². The van der Waals surface area contributed by atoms with Gasteiger partial charge in [-0.05, 0) is 0 Å². The molecule has 0 aliphatic heterocycles. The topological polar surface area (TPSA) is 201 Å². The first-order chi connectivity index (χ1) is 9.17. The lowest BCUT2D eigenvalue weighted by Gasteiger charge is -1.85. The molecule has 0 saturated carbocycles. The highest BCUT2D eigenvalue weighted by atomic mass is 16.4. The first-order valence-corrected chi connectivity index (χ1v) is 5.13. The Morgan fingerprint density at radius 2 is 0.750 bits per heavy atom. The van der Waals surface area contributed by atoms with Crippen molar-refractivity contribution in [1.29, 1.82) is 0 Å². The molecule has 0 aromatic heterocycles. The fourth-order valence-corrected chi connectivity index (χ4v) is 0.428. The molecule has 0 fully saturated rings. The lowest BCUT2D eigenvalue weighted by Crippen LogP contribution is -2.00. The van der Waals surface area contributed by atoms with Gasteiger partial charge in [0.25, 0.3) is 0 Å². The largest absolute Gasteiger partial charge is 0.481 e. The van der Waals surface area contributed by atoms with Crippen LogP contribution < -0.4 is 11.5 Å². The molecule has 0 bridgehead atoms. The number of carboxylic acids is 4. The minimum atomic E-state index is -1.08. The van der Waals surface area contributed by atoms with Crippen molar-refractivity contribution in [2.75, 3.05) is 0 Å². The van der Waals surface area contributed by atoms with Crippen LogP contribution in [0.4, 0.5) is 0 Å². The van der Waals surface area contributed by atoms with Gasteiger partial charge in [0.1, 0.15) is 0 Å². The Hall–Kier alpha value is -2.78. The van der Waals surface area contributed by atoms with Crippen LogP contribution in [-0.2, 0) is 19.2 Å². The van der Waals surface area contributed by atoms with E-state index in [1.807, 2.05) is 0 Å². The number of hydrogen-bond acceptors (Lipinski definition) is 6. The first kappa shape index (κ1) is 22.4. The van der Waals surface area contributed by atoms with E-state index < -0.39 is 23.9 Å². The fraction of sp³-hybridized carbons (Fsp3) is 0.400. The maximum absolute atomic E-state index is 9.64. The predicted molar refractivity (Wildman–Crippen MR) is 66.5 cm³/mol. The first-order valence-electron chi connectivity index (χ1n) is 5.13. The summed E-state index contributed by atoms with van der Waals surface area (Å²) < 4.78 is 0. The van der Waals surface area contributed by atoms with E-state index in [1.165, 1.54) is 12.4 Å². The summed E-state index contributed by atoms with van der Waals surface area (Å²) in [5, 5.41) is 31.6. The van der Waals surface area contributed by atoms with Gasteiger partial charge in [-0.3, -0.25) is 19.2 Å². The summed E-state index contributed by atoms with van der Waals surface area (Å²) >= 11 is 0. The Labute approximate surface area is 114 Å². The van der Waals surface area contributed by atoms with Crippen LogP contribution >= 0.6 is 0 Å². The van der Waals surface area contributed by atoms with E-state index in [0.717, 1.165) is 0 Å². The van der Waals surface area contributed by atoms with Crippen LogP contribution in [0.3, 0.4) is 0 Å². The van der Waals surface area contributed by atoms with Gasteiger partial charge in [-0.2, -0.15) is 0 Å². The van der Waals surface area contributed by atoms with Gasteiger partial charge >= 0.3 is 23.9 Å².